The summed E-state index contributed by atoms with van der Waals surface area (Å²) in [6.07, 6.45) is -5.17. The van der Waals surface area contributed by atoms with Crippen LogP contribution in [0, 0.1) is 21.4 Å². The van der Waals surface area contributed by atoms with Crippen molar-refractivity contribution in [3.63, 3.8) is 0 Å². The van der Waals surface area contributed by atoms with Crippen molar-refractivity contribution in [2.24, 2.45) is 5.73 Å². The van der Waals surface area contributed by atoms with Gasteiger partial charge in [-0.05, 0) is 6.07 Å². The third-order valence-electron chi connectivity index (χ3n) is 2.03. The van der Waals surface area contributed by atoms with Crippen molar-refractivity contribution in [3.8, 4) is 6.07 Å². The van der Waals surface area contributed by atoms with Crippen molar-refractivity contribution in [1.29, 1.82) is 5.26 Å². The van der Waals surface area contributed by atoms with E-state index in [-0.39, 0.29) is 0 Å². The minimum absolute atomic E-state index is 0.508. The van der Waals surface area contributed by atoms with E-state index in [2.05, 4.69) is 0 Å². The summed E-state index contributed by atoms with van der Waals surface area (Å²) in [6.45, 7) is 0. The van der Waals surface area contributed by atoms with E-state index in [1.54, 1.807) is 0 Å². The van der Waals surface area contributed by atoms with Gasteiger partial charge in [-0.2, -0.15) is 18.4 Å². The summed E-state index contributed by atoms with van der Waals surface area (Å²) < 4.78 is 38.2. The molecule has 0 saturated carbocycles. The number of hydrogen-bond acceptors (Lipinski definition) is 4. The van der Waals surface area contributed by atoms with Crippen molar-refractivity contribution < 1.29 is 22.9 Å². The molecule has 1 rings (SSSR count). The molecular formula is C9H4F3N3O3. The lowest BCUT2D eigenvalue weighted by Crippen LogP contribution is -2.22. The summed E-state index contributed by atoms with van der Waals surface area (Å²) in [6, 6.07) is 2.58. The van der Waals surface area contributed by atoms with Crippen molar-refractivity contribution in [2.45, 2.75) is 6.18 Å². The minimum Gasteiger partial charge on any atom is -0.366 e. The Balaban J connectivity index is 3.85. The summed E-state index contributed by atoms with van der Waals surface area (Å²) in [5.74, 6) is -1.55. The Labute approximate surface area is 97.6 Å². The van der Waals surface area contributed by atoms with Gasteiger partial charge in [0.1, 0.15) is 5.56 Å². The zero-order chi connectivity index (χ0) is 14.1. The van der Waals surface area contributed by atoms with Gasteiger partial charge < -0.3 is 5.73 Å². The van der Waals surface area contributed by atoms with Gasteiger partial charge in [-0.1, -0.05) is 0 Å². The molecule has 0 aliphatic rings. The molecule has 2 N–H and O–H groups in total. The lowest BCUT2D eigenvalue weighted by atomic mass is 9.98. The summed E-state index contributed by atoms with van der Waals surface area (Å²) in [5, 5.41) is 19.1. The van der Waals surface area contributed by atoms with Crippen LogP contribution in [0.3, 0.4) is 0 Å². The van der Waals surface area contributed by atoms with E-state index in [9.17, 15) is 28.1 Å². The number of nitriles is 1. The summed E-state index contributed by atoms with van der Waals surface area (Å²) in [5.41, 5.74) is -0.248. The Bertz CT molecular complexity index is 575. The second kappa shape index (κ2) is 4.33. The maximum Gasteiger partial charge on any atom is 0.423 e. The largest absolute Gasteiger partial charge is 0.423 e. The number of benzene rings is 1. The quantitative estimate of drug-likeness (QED) is 0.642. The van der Waals surface area contributed by atoms with Crippen molar-refractivity contribution in [3.05, 3.63) is 38.9 Å². The molecule has 18 heavy (non-hydrogen) atoms. The Morgan fingerprint density at radius 1 is 1.44 bits per heavy atom. The fourth-order valence-corrected chi connectivity index (χ4v) is 1.38. The van der Waals surface area contributed by atoms with Gasteiger partial charge in [0.2, 0.25) is 0 Å². The summed E-state index contributed by atoms with van der Waals surface area (Å²) in [4.78, 5) is 20.2. The monoisotopic (exact) mass is 259 g/mol. The number of rotatable bonds is 2. The van der Waals surface area contributed by atoms with Gasteiger partial charge >= 0.3 is 6.18 Å². The molecule has 0 bridgehead atoms. The number of carbonyl (C=O) groups excluding carboxylic acids is 1. The molecule has 0 radical (unpaired) electrons. The van der Waals surface area contributed by atoms with Crippen molar-refractivity contribution in [1.82, 2.24) is 0 Å². The van der Waals surface area contributed by atoms with Crippen LogP contribution in [0.25, 0.3) is 0 Å². The number of amides is 1. The number of alkyl halides is 3. The van der Waals surface area contributed by atoms with Crippen LogP contribution in [-0.4, -0.2) is 10.8 Å². The first-order valence-corrected chi connectivity index (χ1v) is 4.28. The number of nitrogens with two attached hydrogens (primary N) is 1. The number of nitro groups is 1. The lowest BCUT2D eigenvalue weighted by Gasteiger charge is -2.11. The lowest BCUT2D eigenvalue weighted by molar-refractivity contribution is -0.388. The predicted octanol–water partition coefficient (Wildman–Crippen LogP) is 1.58. The van der Waals surface area contributed by atoms with Crippen LogP contribution in [0.4, 0.5) is 18.9 Å². The van der Waals surface area contributed by atoms with Crippen LogP contribution in [0.15, 0.2) is 12.1 Å². The third-order valence-corrected chi connectivity index (χ3v) is 2.03. The number of nitrogens with zero attached hydrogens (tertiary/aromatic N) is 2. The number of hydrogen-bond donors (Lipinski definition) is 1. The molecule has 9 heteroatoms. The molecule has 0 aliphatic carbocycles. The second-order valence-corrected chi connectivity index (χ2v) is 3.11. The van der Waals surface area contributed by atoms with E-state index < -0.39 is 39.4 Å². The average molecular weight is 259 g/mol. The molecule has 0 spiro atoms. The van der Waals surface area contributed by atoms with E-state index in [0.29, 0.717) is 6.07 Å². The molecule has 1 aromatic rings. The van der Waals surface area contributed by atoms with E-state index in [1.165, 1.54) is 6.07 Å². The molecule has 0 unspecified atom stereocenters. The van der Waals surface area contributed by atoms with Gasteiger partial charge in [0.05, 0.1) is 22.1 Å². The minimum atomic E-state index is -5.17. The van der Waals surface area contributed by atoms with Gasteiger partial charge in [0.15, 0.2) is 0 Å². The molecule has 0 fully saturated rings. The van der Waals surface area contributed by atoms with Crippen LogP contribution in [-0.2, 0) is 6.18 Å². The van der Waals surface area contributed by atoms with Crippen LogP contribution in [0.2, 0.25) is 0 Å². The molecular weight excluding hydrogens is 255 g/mol. The first kappa shape index (κ1) is 13.4. The Morgan fingerprint density at radius 2 is 2.00 bits per heavy atom. The summed E-state index contributed by atoms with van der Waals surface area (Å²) in [7, 11) is 0. The molecule has 0 aliphatic heterocycles. The molecule has 94 valence electrons. The molecule has 6 nitrogen and oxygen atoms in total. The Kier molecular flexibility index (Phi) is 3.23. The number of primary amides is 1. The van der Waals surface area contributed by atoms with Crippen LogP contribution < -0.4 is 5.73 Å². The second-order valence-electron chi connectivity index (χ2n) is 3.11. The standard InChI is InChI=1S/C9H4F3N3O3/c10-9(11,12)7-5(15(17)18)2-1-4(3-13)6(7)8(14)16/h1-2H,(H2,14,16). The molecule has 0 aromatic heterocycles. The predicted molar refractivity (Wildman–Crippen MR) is 51.3 cm³/mol. The highest BCUT2D eigenvalue weighted by Crippen LogP contribution is 2.39. The van der Waals surface area contributed by atoms with Gasteiger partial charge in [-0.15, -0.1) is 0 Å². The van der Waals surface area contributed by atoms with Crippen molar-refractivity contribution >= 4 is 11.6 Å². The Hall–Kier alpha value is -2.63. The van der Waals surface area contributed by atoms with Gasteiger partial charge in [-0.25, -0.2) is 0 Å². The Morgan fingerprint density at radius 3 is 2.33 bits per heavy atom. The molecule has 1 amide bonds. The highest BCUT2D eigenvalue weighted by atomic mass is 19.4. The number of halogens is 3. The SMILES string of the molecule is N#Cc1ccc([N+](=O)[O-])c(C(F)(F)F)c1C(N)=O. The van der Waals surface area contributed by atoms with Gasteiger partial charge in [-0.3, -0.25) is 14.9 Å². The third kappa shape index (κ3) is 2.22. The molecule has 0 saturated heterocycles. The van der Waals surface area contributed by atoms with E-state index >= 15 is 0 Å². The van der Waals surface area contributed by atoms with E-state index in [0.717, 1.165) is 6.07 Å². The van der Waals surface area contributed by atoms with E-state index in [4.69, 9.17) is 11.0 Å². The zero-order valence-electron chi connectivity index (χ0n) is 8.49. The smallest absolute Gasteiger partial charge is 0.366 e. The topological polar surface area (TPSA) is 110 Å². The van der Waals surface area contributed by atoms with Gasteiger partial charge in [0, 0.05) is 6.07 Å². The van der Waals surface area contributed by atoms with Crippen LogP contribution in [0.1, 0.15) is 21.5 Å². The van der Waals surface area contributed by atoms with E-state index in [1.807, 2.05) is 0 Å². The number of carbonyl (C=O) groups is 1. The van der Waals surface area contributed by atoms with Crippen LogP contribution >= 0.6 is 0 Å². The normalized spacial score (nSPS) is 10.8. The average Bonchev–Trinajstić information content (AvgIpc) is 2.25. The summed E-state index contributed by atoms with van der Waals surface area (Å²) >= 11 is 0. The maximum atomic E-state index is 12.7. The highest BCUT2D eigenvalue weighted by Gasteiger charge is 2.43. The zero-order valence-corrected chi connectivity index (χ0v) is 8.49. The molecule has 1 aromatic carbocycles. The fourth-order valence-electron chi connectivity index (χ4n) is 1.38. The first-order chi connectivity index (χ1) is 8.20. The number of nitro benzene ring substituents is 1. The van der Waals surface area contributed by atoms with Crippen molar-refractivity contribution in [2.75, 3.05) is 0 Å². The molecule has 0 atom stereocenters. The van der Waals surface area contributed by atoms with Gasteiger partial charge in [0.25, 0.3) is 11.6 Å². The van der Waals surface area contributed by atoms with Crippen LogP contribution in [0.5, 0.6) is 0 Å². The highest BCUT2D eigenvalue weighted by molar-refractivity contribution is 5.98. The fraction of sp³-hybridized carbons (Fsp3) is 0.111. The maximum absolute atomic E-state index is 12.7. The molecule has 0 heterocycles. The first-order valence-electron chi connectivity index (χ1n) is 4.28.